The molecule has 1 unspecified atom stereocenters. The predicted molar refractivity (Wildman–Crippen MR) is 103 cm³/mol. The van der Waals surface area contributed by atoms with Gasteiger partial charge in [0.05, 0.1) is 0 Å². The molecular formula is C18H21BrIN. The summed E-state index contributed by atoms with van der Waals surface area (Å²) in [7, 11) is 0. The molecule has 0 aromatic heterocycles. The van der Waals surface area contributed by atoms with Gasteiger partial charge in [-0.1, -0.05) is 52.7 Å². The molecule has 0 saturated carbocycles. The Morgan fingerprint density at radius 1 is 1.14 bits per heavy atom. The van der Waals surface area contributed by atoms with Gasteiger partial charge in [-0.15, -0.1) is 0 Å². The van der Waals surface area contributed by atoms with Crippen molar-refractivity contribution in [2.75, 3.05) is 6.54 Å². The summed E-state index contributed by atoms with van der Waals surface area (Å²) < 4.78 is 2.46. The summed E-state index contributed by atoms with van der Waals surface area (Å²) in [6.07, 6.45) is 2.17. The van der Waals surface area contributed by atoms with E-state index in [2.05, 4.69) is 100 Å². The molecule has 1 nitrogen and oxygen atoms in total. The molecule has 2 rings (SSSR count). The Hall–Kier alpha value is -0.390. The van der Waals surface area contributed by atoms with Crippen LogP contribution in [0.15, 0.2) is 46.9 Å². The van der Waals surface area contributed by atoms with Crippen LogP contribution in [-0.2, 0) is 6.42 Å². The van der Waals surface area contributed by atoms with Crippen molar-refractivity contribution >= 4 is 38.5 Å². The van der Waals surface area contributed by atoms with E-state index in [-0.39, 0.29) is 0 Å². The molecule has 1 atom stereocenters. The Morgan fingerprint density at radius 2 is 1.86 bits per heavy atom. The molecule has 0 radical (unpaired) electrons. The standard InChI is InChI=1S/C18H21BrIN/c1-3-10-21-18(11-14-6-4-13(2)5-7-14)16-12-15(19)8-9-17(16)20/h4-9,12,18,21H,3,10-11H2,1-2H3. The number of hydrogen-bond acceptors (Lipinski definition) is 1. The zero-order valence-electron chi connectivity index (χ0n) is 12.5. The fraction of sp³-hybridized carbons (Fsp3) is 0.333. The average Bonchev–Trinajstić information content (AvgIpc) is 2.48. The number of aryl methyl sites for hydroxylation is 1. The van der Waals surface area contributed by atoms with Crippen molar-refractivity contribution in [3.8, 4) is 0 Å². The van der Waals surface area contributed by atoms with Crippen LogP contribution in [0.2, 0.25) is 0 Å². The third kappa shape index (κ3) is 5.08. The molecule has 3 heteroatoms. The molecular weight excluding hydrogens is 437 g/mol. The monoisotopic (exact) mass is 457 g/mol. The number of rotatable bonds is 6. The maximum absolute atomic E-state index is 3.69. The molecule has 0 heterocycles. The van der Waals surface area contributed by atoms with Gasteiger partial charge in [-0.2, -0.15) is 0 Å². The van der Waals surface area contributed by atoms with Crippen molar-refractivity contribution < 1.29 is 0 Å². The van der Waals surface area contributed by atoms with E-state index in [1.54, 1.807) is 0 Å². The van der Waals surface area contributed by atoms with Crippen LogP contribution in [-0.4, -0.2) is 6.54 Å². The van der Waals surface area contributed by atoms with Crippen LogP contribution in [0, 0.1) is 10.5 Å². The molecule has 21 heavy (non-hydrogen) atoms. The van der Waals surface area contributed by atoms with Crippen molar-refractivity contribution in [2.24, 2.45) is 0 Å². The molecule has 2 aromatic rings. The Morgan fingerprint density at radius 3 is 2.52 bits per heavy atom. The minimum absolute atomic E-state index is 0.358. The second kappa shape index (κ2) is 8.30. The lowest BCUT2D eigenvalue weighted by Crippen LogP contribution is -2.25. The summed E-state index contributed by atoms with van der Waals surface area (Å²) in [4.78, 5) is 0. The molecule has 0 aliphatic heterocycles. The lowest BCUT2D eigenvalue weighted by atomic mass is 9.98. The molecule has 0 aliphatic rings. The molecule has 0 spiro atoms. The lowest BCUT2D eigenvalue weighted by Gasteiger charge is -2.21. The van der Waals surface area contributed by atoms with Gasteiger partial charge in [0.1, 0.15) is 0 Å². The third-order valence-corrected chi connectivity index (χ3v) is 5.01. The summed E-state index contributed by atoms with van der Waals surface area (Å²) in [6.45, 7) is 5.38. The largest absolute Gasteiger partial charge is 0.310 e. The lowest BCUT2D eigenvalue weighted by molar-refractivity contribution is 0.527. The molecule has 0 bridgehead atoms. The number of halogens is 2. The highest BCUT2D eigenvalue weighted by Gasteiger charge is 2.15. The van der Waals surface area contributed by atoms with E-state index in [4.69, 9.17) is 0 Å². The number of hydrogen-bond donors (Lipinski definition) is 1. The first kappa shape index (κ1) is 17.0. The van der Waals surface area contributed by atoms with Crippen molar-refractivity contribution in [3.63, 3.8) is 0 Å². The minimum atomic E-state index is 0.358. The summed E-state index contributed by atoms with van der Waals surface area (Å²) >= 11 is 6.03. The number of nitrogens with one attached hydrogen (secondary N) is 1. The highest BCUT2D eigenvalue weighted by atomic mass is 127. The number of benzene rings is 2. The SMILES string of the molecule is CCCNC(Cc1ccc(C)cc1)c1cc(Br)ccc1I. The van der Waals surface area contributed by atoms with E-state index >= 15 is 0 Å². The van der Waals surface area contributed by atoms with Crippen LogP contribution in [0.3, 0.4) is 0 Å². The normalized spacial score (nSPS) is 12.4. The van der Waals surface area contributed by atoms with E-state index in [1.165, 1.54) is 20.3 Å². The molecule has 112 valence electrons. The van der Waals surface area contributed by atoms with Gasteiger partial charge in [-0.05, 0) is 78.2 Å². The third-order valence-electron chi connectivity index (χ3n) is 3.53. The quantitative estimate of drug-likeness (QED) is 0.553. The van der Waals surface area contributed by atoms with Crippen LogP contribution >= 0.6 is 38.5 Å². The zero-order chi connectivity index (χ0) is 15.2. The van der Waals surface area contributed by atoms with Crippen LogP contribution in [0.5, 0.6) is 0 Å². The fourth-order valence-electron chi connectivity index (χ4n) is 2.35. The molecule has 0 saturated heterocycles. The van der Waals surface area contributed by atoms with E-state index < -0.39 is 0 Å². The molecule has 0 aliphatic carbocycles. The highest BCUT2D eigenvalue weighted by molar-refractivity contribution is 14.1. The molecule has 2 aromatic carbocycles. The van der Waals surface area contributed by atoms with Gasteiger partial charge < -0.3 is 5.32 Å². The fourth-order valence-corrected chi connectivity index (χ4v) is 3.44. The summed E-state index contributed by atoms with van der Waals surface area (Å²) in [5, 5.41) is 3.69. The second-order valence-corrected chi connectivity index (χ2v) is 7.44. The predicted octanol–water partition coefficient (Wildman–Crippen LogP) is 5.65. The van der Waals surface area contributed by atoms with Crippen LogP contribution in [0.1, 0.15) is 36.1 Å². The molecule has 1 N–H and O–H groups in total. The van der Waals surface area contributed by atoms with Gasteiger partial charge in [-0.3, -0.25) is 0 Å². The van der Waals surface area contributed by atoms with Gasteiger partial charge in [0, 0.05) is 14.1 Å². The maximum Gasteiger partial charge on any atom is 0.0371 e. The highest BCUT2D eigenvalue weighted by Crippen LogP contribution is 2.27. The van der Waals surface area contributed by atoms with Crippen molar-refractivity contribution in [2.45, 2.75) is 32.7 Å². The van der Waals surface area contributed by atoms with Gasteiger partial charge >= 0.3 is 0 Å². The van der Waals surface area contributed by atoms with Crippen LogP contribution in [0.4, 0.5) is 0 Å². The maximum atomic E-state index is 3.69. The van der Waals surface area contributed by atoms with Crippen molar-refractivity contribution in [1.82, 2.24) is 5.32 Å². The summed E-state index contributed by atoms with van der Waals surface area (Å²) in [6, 6.07) is 15.7. The van der Waals surface area contributed by atoms with Crippen LogP contribution in [0.25, 0.3) is 0 Å². The average molecular weight is 458 g/mol. The first-order valence-electron chi connectivity index (χ1n) is 7.34. The zero-order valence-corrected chi connectivity index (χ0v) is 16.2. The van der Waals surface area contributed by atoms with E-state index in [9.17, 15) is 0 Å². The van der Waals surface area contributed by atoms with Crippen molar-refractivity contribution in [3.05, 3.63) is 67.2 Å². The van der Waals surface area contributed by atoms with Crippen LogP contribution < -0.4 is 5.32 Å². The van der Waals surface area contributed by atoms with Gasteiger partial charge in [-0.25, -0.2) is 0 Å². The molecule has 0 fully saturated rings. The van der Waals surface area contributed by atoms with E-state index in [0.29, 0.717) is 6.04 Å². The van der Waals surface area contributed by atoms with Gasteiger partial charge in [0.2, 0.25) is 0 Å². The van der Waals surface area contributed by atoms with E-state index in [0.717, 1.165) is 23.9 Å². The topological polar surface area (TPSA) is 12.0 Å². The Labute approximate surface area is 149 Å². The van der Waals surface area contributed by atoms with Gasteiger partial charge in [0.15, 0.2) is 0 Å². The Kier molecular flexibility index (Phi) is 6.71. The smallest absolute Gasteiger partial charge is 0.0371 e. The first-order chi connectivity index (χ1) is 10.1. The van der Waals surface area contributed by atoms with Gasteiger partial charge in [0.25, 0.3) is 0 Å². The Bertz CT molecular complexity index is 580. The molecule has 0 amide bonds. The van der Waals surface area contributed by atoms with Crippen molar-refractivity contribution in [1.29, 1.82) is 0 Å². The van der Waals surface area contributed by atoms with E-state index in [1.807, 2.05) is 0 Å². The second-order valence-electron chi connectivity index (χ2n) is 5.36. The summed E-state index contributed by atoms with van der Waals surface area (Å²) in [5.74, 6) is 0. The summed E-state index contributed by atoms with van der Waals surface area (Å²) in [5.41, 5.74) is 4.07. The first-order valence-corrected chi connectivity index (χ1v) is 9.21. The minimum Gasteiger partial charge on any atom is -0.310 e. The Balaban J connectivity index is 2.25.